The first-order valence-electron chi connectivity index (χ1n) is 10.4. The maximum atomic E-state index is 11.5. The van der Waals surface area contributed by atoms with Crippen LogP contribution in [-0.4, -0.2) is 28.2 Å². The average Bonchev–Trinajstić information content (AvgIpc) is 2.87. The van der Waals surface area contributed by atoms with Gasteiger partial charge in [0, 0.05) is 55.1 Å². The van der Waals surface area contributed by atoms with E-state index in [2.05, 4.69) is 39.6 Å². The number of hydrogen-bond acceptors (Lipinski definition) is 5. The quantitative estimate of drug-likeness (QED) is 0.466. The van der Waals surface area contributed by atoms with Crippen molar-refractivity contribution in [3.05, 3.63) is 126 Å². The number of benzene rings is 1. The molecule has 32 heavy (non-hydrogen) atoms. The number of carbonyl (C=O) groups excluding carboxylic acids is 1. The highest BCUT2D eigenvalue weighted by atomic mass is 16.5. The summed E-state index contributed by atoms with van der Waals surface area (Å²) in [5, 5.41) is 2.75. The molecule has 0 aliphatic rings. The van der Waals surface area contributed by atoms with Crippen molar-refractivity contribution in [2.75, 3.05) is 7.11 Å². The van der Waals surface area contributed by atoms with Crippen LogP contribution in [0.15, 0.2) is 97.7 Å². The molecule has 4 rings (SSSR count). The molecule has 0 aliphatic heterocycles. The number of pyridine rings is 3. The van der Waals surface area contributed by atoms with Crippen molar-refractivity contribution in [1.29, 1.82) is 0 Å². The first-order valence-corrected chi connectivity index (χ1v) is 10.4. The van der Waals surface area contributed by atoms with Gasteiger partial charge in [-0.15, -0.1) is 0 Å². The molecule has 1 aromatic carbocycles. The van der Waals surface area contributed by atoms with Gasteiger partial charge in [0.15, 0.2) is 0 Å². The van der Waals surface area contributed by atoms with Crippen LogP contribution >= 0.6 is 0 Å². The van der Waals surface area contributed by atoms with E-state index in [1.807, 2.05) is 61.1 Å². The molecule has 0 bridgehead atoms. The van der Waals surface area contributed by atoms with Crippen LogP contribution in [0.1, 0.15) is 39.8 Å². The van der Waals surface area contributed by atoms with Gasteiger partial charge in [-0.3, -0.25) is 15.0 Å². The molecule has 1 amide bonds. The maximum absolute atomic E-state index is 11.5. The van der Waals surface area contributed by atoms with Crippen LogP contribution < -0.4 is 5.32 Å². The summed E-state index contributed by atoms with van der Waals surface area (Å²) >= 11 is 0. The second-order valence-corrected chi connectivity index (χ2v) is 7.37. The van der Waals surface area contributed by atoms with Crippen LogP contribution in [0.4, 0.5) is 4.79 Å². The molecule has 1 N–H and O–H groups in total. The minimum absolute atomic E-state index is 0.0453. The van der Waals surface area contributed by atoms with Crippen LogP contribution in [-0.2, 0) is 11.3 Å². The highest BCUT2D eigenvalue weighted by Gasteiger charge is 2.29. The fourth-order valence-corrected chi connectivity index (χ4v) is 3.93. The molecule has 6 heteroatoms. The summed E-state index contributed by atoms with van der Waals surface area (Å²) in [5.41, 5.74) is 5.17. The van der Waals surface area contributed by atoms with Gasteiger partial charge in [0.1, 0.15) is 0 Å². The molecule has 4 aromatic rings. The van der Waals surface area contributed by atoms with Crippen LogP contribution in [0.3, 0.4) is 0 Å². The number of hydrogen-bond donors (Lipinski definition) is 1. The topological polar surface area (TPSA) is 77.0 Å². The first kappa shape index (κ1) is 21.2. The zero-order valence-electron chi connectivity index (χ0n) is 17.8. The molecule has 0 spiro atoms. The lowest BCUT2D eigenvalue weighted by Gasteiger charge is -2.28. The number of rotatable bonds is 7. The van der Waals surface area contributed by atoms with Crippen LogP contribution in [0.5, 0.6) is 0 Å². The Morgan fingerprint density at radius 1 is 0.844 bits per heavy atom. The van der Waals surface area contributed by atoms with Gasteiger partial charge in [0.05, 0.1) is 7.11 Å². The van der Waals surface area contributed by atoms with Crippen molar-refractivity contribution in [2.24, 2.45) is 0 Å². The molecule has 160 valence electrons. The van der Waals surface area contributed by atoms with E-state index in [0.29, 0.717) is 6.54 Å². The Labute approximate surface area is 187 Å². The summed E-state index contributed by atoms with van der Waals surface area (Å²) in [7, 11) is 1.36. The smallest absolute Gasteiger partial charge is 0.407 e. The van der Waals surface area contributed by atoms with Gasteiger partial charge in [0.2, 0.25) is 0 Å². The third kappa shape index (κ3) is 4.98. The van der Waals surface area contributed by atoms with E-state index in [1.54, 1.807) is 12.4 Å². The van der Waals surface area contributed by atoms with Crippen molar-refractivity contribution in [1.82, 2.24) is 20.3 Å². The third-order valence-corrected chi connectivity index (χ3v) is 5.36. The molecule has 1 atom stereocenters. The average molecular weight is 425 g/mol. The Balaban J connectivity index is 1.83. The lowest BCUT2D eigenvalue weighted by Crippen LogP contribution is -2.22. The molecule has 6 nitrogen and oxygen atoms in total. The van der Waals surface area contributed by atoms with Gasteiger partial charge in [0.25, 0.3) is 0 Å². The zero-order valence-corrected chi connectivity index (χ0v) is 17.8. The van der Waals surface area contributed by atoms with Crippen molar-refractivity contribution >= 4 is 6.09 Å². The van der Waals surface area contributed by atoms with Gasteiger partial charge >= 0.3 is 6.09 Å². The number of methoxy groups -OCH3 is 1. The number of nitrogens with zero attached hydrogens (tertiary/aromatic N) is 3. The molecule has 0 saturated heterocycles. The molecular weight excluding hydrogens is 400 g/mol. The predicted molar refractivity (Wildman–Crippen MR) is 122 cm³/mol. The van der Waals surface area contributed by atoms with E-state index < -0.39 is 6.09 Å². The number of aromatic nitrogens is 3. The molecule has 3 heterocycles. The number of carbonyl (C=O) groups is 1. The standard InChI is InChI=1S/C26H24N4O2/c1-32-26(31)30-16-19-7-4-8-20(15-19)25(23-11-2-3-14-29-23)24(21-9-5-12-27-17-21)22-10-6-13-28-18-22/h2-15,17-18,24-25H,16H2,1H3,(H,30,31). The van der Waals surface area contributed by atoms with E-state index in [-0.39, 0.29) is 11.8 Å². The minimum atomic E-state index is -0.458. The van der Waals surface area contributed by atoms with Crippen LogP contribution in [0, 0.1) is 0 Å². The van der Waals surface area contributed by atoms with Gasteiger partial charge in [-0.2, -0.15) is 0 Å². The van der Waals surface area contributed by atoms with Crippen LogP contribution in [0.25, 0.3) is 0 Å². The number of alkyl carbamates (subject to hydrolysis) is 1. The number of ether oxygens (including phenoxy) is 1. The SMILES string of the molecule is COC(=O)NCc1cccc(C(c2ccccn2)C(c2cccnc2)c2cccnc2)c1. The molecule has 0 saturated carbocycles. The number of nitrogens with one attached hydrogen (secondary N) is 1. The minimum Gasteiger partial charge on any atom is -0.453 e. The predicted octanol–water partition coefficient (Wildman–Crippen LogP) is 4.69. The lowest BCUT2D eigenvalue weighted by atomic mass is 9.76. The van der Waals surface area contributed by atoms with Gasteiger partial charge in [-0.25, -0.2) is 4.79 Å². The summed E-state index contributed by atoms with van der Waals surface area (Å²) in [6.45, 7) is 0.375. The summed E-state index contributed by atoms with van der Waals surface area (Å²) < 4.78 is 4.70. The fraction of sp³-hybridized carbons (Fsp3) is 0.154. The Hall–Kier alpha value is -4.06. The molecule has 1 unspecified atom stereocenters. The largest absolute Gasteiger partial charge is 0.453 e. The van der Waals surface area contributed by atoms with Gasteiger partial charge in [-0.1, -0.05) is 42.5 Å². The van der Waals surface area contributed by atoms with Gasteiger partial charge < -0.3 is 10.1 Å². The second-order valence-electron chi connectivity index (χ2n) is 7.37. The summed E-state index contributed by atoms with van der Waals surface area (Å²) in [6.07, 6.45) is 8.71. The third-order valence-electron chi connectivity index (χ3n) is 5.36. The maximum Gasteiger partial charge on any atom is 0.407 e. The van der Waals surface area contributed by atoms with E-state index in [0.717, 1.165) is 27.9 Å². The summed E-state index contributed by atoms with van der Waals surface area (Å²) in [5.74, 6) is -0.126. The van der Waals surface area contributed by atoms with Gasteiger partial charge in [-0.05, 0) is 46.5 Å². The van der Waals surface area contributed by atoms with Crippen LogP contribution in [0.2, 0.25) is 0 Å². The highest BCUT2D eigenvalue weighted by molar-refractivity contribution is 5.66. The Bertz CT molecular complexity index is 1100. The summed E-state index contributed by atoms with van der Waals surface area (Å²) in [4.78, 5) is 25.0. The lowest BCUT2D eigenvalue weighted by molar-refractivity contribution is 0.170. The number of amides is 1. The van der Waals surface area contributed by atoms with Crippen molar-refractivity contribution in [3.8, 4) is 0 Å². The van der Waals surface area contributed by atoms with Crippen molar-refractivity contribution in [2.45, 2.75) is 18.4 Å². The highest BCUT2D eigenvalue weighted by Crippen LogP contribution is 2.41. The molecular formula is C26H24N4O2. The molecule has 3 aromatic heterocycles. The monoisotopic (exact) mass is 424 g/mol. The fourth-order valence-electron chi connectivity index (χ4n) is 3.93. The van der Waals surface area contributed by atoms with E-state index in [9.17, 15) is 4.79 Å². The van der Waals surface area contributed by atoms with E-state index in [4.69, 9.17) is 9.72 Å². The van der Waals surface area contributed by atoms with E-state index >= 15 is 0 Å². The van der Waals surface area contributed by atoms with Crippen molar-refractivity contribution in [3.63, 3.8) is 0 Å². The normalized spacial score (nSPS) is 11.7. The molecule has 0 aliphatic carbocycles. The second kappa shape index (κ2) is 10.3. The summed E-state index contributed by atoms with van der Waals surface area (Å²) in [6, 6.07) is 22.2. The first-order chi connectivity index (χ1) is 15.8. The van der Waals surface area contributed by atoms with Crippen molar-refractivity contribution < 1.29 is 9.53 Å². The van der Waals surface area contributed by atoms with E-state index in [1.165, 1.54) is 7.11 Å². The Morgan fingerprint density at radius 2 is 1.56 bits per heavy atom. The Morgan fingerprint density at radius 3 is 2.16 bits per heavy atom. The molecule has 0 fully saturated rings. The molecule has 0 radical (unpaired) electrons. The zero-order chi connectivity index (χ0) is 22.2. The Kier molecular flexibility index (Phi) is 6.82.